The molecular weight excluding hydrogens is 275 g/mol. The molecule has 1 aromatic heterocycles. The molecular formula is C14H13FN4O2. The lowest BCUT2D eigenvalue weighted by atomic mass is 10.1. The number of aryl methyl sites for hydroxylation is 1. The van der Waals surface area contributed by atoms with Gasteiger partial charge < -0.3 is 14.7 Å². The van der Waals surface area contributed by atoms with Crippen molar-refractivity contribution in [3.05, 3.63) is 41.4 Å². The van der Waals surface area contributed by atoms with Crippen molar-refractivity contribution in [1.82, 2.24) is 5.16 Å². The highest BCUT2D eigenvalue weighted by molar-refractivity contribution is 5.93. The molecule has 6 nitrogen and oxygen atoms in total. The Morgan fingerprint density at radius 3 is 2.95 bits per heavy atom. The smallest absolute Gasteiger partial charge is 0.245 e. The van der Waals surface area contributed by atoms with Gasteiger partial charge in [0.25, 0.3) is 0 Å². The van der Waals surface area contributed by atoms with Crippen LogP contribution in [-0.2, 0) is 4.79 Å². The molecule has 0 bridgehead atoms. The Hall–Kier alpha value is -2.88. The fourth-order valence-electron chi connectivity index (χ4n) is 1.85. The summed E-state index contributed by atoms with van der Waals surface area (Å²) in [4.78, 5) is 13.4. The molecule has 1 amide bonds. The van der Waals surface area contributed by atoms with Gasteiger partial charge in [-0.05, 0) is 19.1 Å². The van der Waals surface area contributed by atoms with E-state index in [9.17, 15) is 9.18 Å². The number of likely N-dealkylation sites (N-methyl/N-ethyl adjacent to an activating group) is 1. The summed E-state index contributed by atoms with van der Waals surface area (Å²) < 4.78 is 18.4. The Morgan fingerprint density at radius 2 is 2.33 bits per heavy atom. The predicted octanol–water partition coefficient (Wildman–Crippen LogP) is 2.07. The van der Waals surface area contributed by atoms with Crippen molar-refractivity contribution >= 4 is 17.4 Å². The van der Waals surface area contributed by atoms with Crippen molar-refractivity contribution in [2.45, 2.75) is 6.92 Å². The van der Waals surface area contributed by atoms with Crippen LogP contribution in [0.1, 0.15) is 11.3 Å². The highest BCUT2D eigenvalue weighted by Gasteiger charge is 2.15. The molecule has 0 atom stereocenters. The van der Waals surface area contributed by atoms with Crippen LogP contribution in [0, 0.1) is 24.1 Å². The van der Waals surface area contributed by atoms with Gasteiger partial charge in [-0.1, -0.05) is 11.2 Å². The first-order valence-corrected chi connectivity index (χ1v) is 6.14. The molecule has 0 radical (unpaired) electrons. The van der Waals surface area contributed by atoms with E-state index < -0.39 is 5.82 Å². The van der Waals surface area contributed by atoms with E-state index in [4.69, 9.17) is 9.78 Å². The zero-order valence-electron chi connectivity index (χ0n) is 11.6. The molecule has 0 saturated carbocycles. The number of hydrogen-bond donors (Lipinski definition) is 1. The van der Waals surface area contributed by atoms with Crippen molar-refractivity contribution < 1.29 is 13.7 Å². The Balaban J connectivity index is 2.08. The summed E-state index contributed by atoms with van der Waals surface area (Å²) in [6.07, 6.45) is 0. The van der Waals surface area contributed by atoms with E-state index in [2.05, 4.69) is 10.5 Å². The number of halogens is 1. The van der Waals surface area contributed by atoms with Crippen molar-refractivity contribution in [1.29, 1.82) is 5.26 Å². The van der Waals surface area contributed by atoms with Crippen LogP contribution in [0.15, 0.2) is 28.8 Å². The van der Waals surface area contributed by atoms with Crippen LogP contribution in [0.2, 0.25) is 0 Å². The van der Waals surface area contributed by atoms with E-state index >= 15 is 0 Å². The van der Waals surface area contributed by atoms with E-state index in [0.29, 0.717) is 17.3 Å². The second-order valence-corrected chi connectivity index (χ2v) is 4.47. The predicted molar refractivity (Wildman–Crippen MR) is 74.3 cm³/mol. The van der Waals surface area contributed by atoms with E-state index in [-0.39, 0.29) is 18.0 Å². The molecule has 0 spiro atoms. The molecule has 1 N–H and O–H groups in total. The lowest BCUT2D eigenvalue weighted by molar-refractivity contribution is -0.115. The van der Waals surface area contributed by atoms with Crippen molar-refractivity contribution in [3.63, 3.8) is 0 Å². The number of nitrogens with one attached hydrogen (secondary N) is 1. The van der Waals surface area contributed by atoms with Gasteiger partial charge in [0.15, 0.2) is 5.82 Å². The number of benzene rings is 1. The number of anilines is 2. The third-order valence-electron chi connectivity index (χ3n) is 2.79. The number of amides is 1. The second kappa shape index (κ2) is 6.05. The number of nitriles is 1. The van der Waals surface area contributed by atoms with E-state index in [0.717, 1.165) is 0 Å². The zero-order valence-corrected chi connectivity index (χ0v) is 11.6. The van der Waals surface area contributed by atoms with Crippen LogP contribution in [0.3, 0.4) is 0 Å². The van der Waals surface area contributed by atoms with Gasteiger partial charge in [0.05, 0.1) is 12.2 Å². The highest BCUT2D eigenvalue weighted by Crippen LogP contribution is 2.21. The van der Waals surface area contributed by atoms with Gasteiger partial charge in [0.1, 0.15) is 23.2 Å². The van der Waals surface area contributed by atoms with Crippen LogP contribution in [0.5, 0.6) is 0 Å². The number of carbonyl (C=O) groups excluding carboxylic acids is 1. The monoisotopic (exact) mass is 288 g/mol. The Labute approximate surface area is 120 Å². The average molecular weight is 288 g/mol. The maximum Gasteiger partial charge on any atom is 0.245 e. The van der Waals surface area contributed by atoms with Gasteiger partial charge in [-0.15, -0.1) is 0 Å². The summed E-state index contributed by atoms with van der Waals surface area (Å²) in [5.74, 6) is -0.0745. The molecule has 7 heteroatoms. The first-order valence-electron chi connectivity index (χ1n) is 6.14. The van der Waals surface area contributed by atoms with E-state index in [1.165, 1.54) is 17.0 Å². The summed E-state index contributed by atoms with van der Waals surface area (Å²) in [5.41, 5.74) is 0.258. The average Bonchev–Trinajstić information content (AvgIpc) is 2.83. The van der Waals surface area contributed by atoms with Crippen LogP contribution >= 0.6 is 0 Å². The number of aromatic nitrogens is 1. The second-order valence-electron chi connectivity index (χ2n) is 4.47. The first-order chi connectivity index (χ1) is 10.0. The molecule has 21 heavy (non-hydrogen) atoms. The Bertz CT molecular complexity index is 705. The lowest BCUT2D eigenvalue weighted by Gasteiger charge is -2.19. The molecule has 1 heterocycles. The number of carbonyl (C=O) groups is 1. The largest absolute Gasteiger partial charge is 0.364 e. The standard InChI is InChI=1S/C14H13FN4O2/c1-9-6-13(18-21-9)17-14(20)8-19(2)12-5-3-4-11(15)10(12)7-16/h3-6H,8H2,1-2H3,(H,17,18,20). The summed E-state index contributed by atoms with van der Waals surface area (Å²) in [5, 5.41) is 15.2. The fourth-order valence-corrected chi connectivity index (χ4v) is 1.85. The fraction of sp³-hybridized carbons (Fsp3) is 0.214. The molecule has 0 saturated heterocycles. The minimum atomic E-state index is -0.616. The third-order valence-corrected chi connectivity index (χ3v) is 2.79. The molecule has 0 unspecified atom stereocenters. The van der Waals surface area contributed by atoms with Gasteiger partial charge >= 0.3 is 0 Å². The topological polar surface area (TPSA) is 82.2 Å². The maximum absolute atomic E-state index is 13.5. The van der Waals surface area contributed by atoms with Crippen LogP contribution in [-0.4, -0.2) is 24.7 Å². The molecule has 0 aliphatic rings. The Morgan fingerprint density at radius 1 is 1.57 bits per heavy atom. The SMILES string of the molecule is Cc1cc(NC(=O)CN(C)c2cccc(F)c2C#N)no1. The normalized spacial score (nSPS) is 10.0. The Kier molecular flexibility index (Phi) is 4.18. The number of hydrogen-bond acceptors (Lipinski definition) is 5. The van der Waals surface area contributed by atoms with Gasteiger partial charge in [0, 0.05) is 13.1 Å². The maximum atomic E-state index is 13.5. The van der Waals surface area contributed by atoms with Crippen molar-refractivity contribution in [3.8, 4) is 6.07 Å². The molecule has 108 valence electrons. The van der Waals surface area contributed by atoms with Gasteiger partial charge in [-0.2, -0.15) is 5.26 Å². The van der Waals surface area contributed by atoms with E-state index in [1.807, 2.05) is 0 Å². The lowest BCUT2D eigenvalue weighted by Crippen LogP contribution is -2.30. The summed E-state index contributed by atoms with van der Waals surface area (Å²) in [6, 6.07) is 7.65. The van der Waals surface area contributed by atoms with Gasteiger partial charge in [-0.3, -0.25) is 4.79 Å². The zero-order chi connectivity index (χ0) is 15.4. The summed E-state index contributed by atoms with van der Waals surface area (Å²) in [6.45, 7) is 1.66. The first kappa shape index (κ1) is 14.5. The van der Waals surface area contributed by atoms with Crippen LogP contribution < -0.4 is 10.2 Å². The quantitative estimate of drug-likeness (QED) is 0.931. The molecule has 2 rings (SSSR count). The molecule has 2 aromatic rings. The van der Waals surface area contributed by atoms with Crippen molar-refractivity contribution in [2.75, 3.05) is 23.8 Å². The van der Waals surface area contributed by atoms with Crippen LogP contribution in [0.25, 0.3) is 0 Å². The van der Waals surface area contributed by atoms with Crippen LogP contribution in [0.4, 0.5) is 15.9 Å². The molecule has 1 aromatic carbocycles. The summed E-state index contributed by atoms with van der Waals surface area (Å²) in [7, 11) is 1.60. The molecule has 0 fully saturated rings. The third kappa shape index (κ3) is 3.36. The highest BCUT2D eigenvalue weighted by atomic mass is 19.1. The molecule has 0 aliphatic heterocycles. The minimum Gasteiger partial charge on any atom is -0.364 e. The summed E-state index contributed by atoms with van der Waals surface area (Å²) >= 11 is 0. The number of rotatable bonds is 4. The minimum absolute atomic E-state index is 0.0515. The van der Waals surface area contributed by atoms with Gasteiger partial charge in [-0.25, -0.2) is 4.39 Å². The molecule has 0 aliphatic carbocycles. The van der Waals surface area contributed by atoms with Crippen molar-refractivity contribution in [2.24, 2.45) is 0 Å². The number of nitrogens with zero attached hydrogens (tertiary/aromatic N) is 3. The van der Waals surface area contributed by atoms with E-state index in [1.54, 1.807) is 32.2 Å². The van der Waals surface area contributed by atoms with Gasteiger partial charge in [0.2, 0.25) is 5.91 Å².